The van der Waals surface area contributed by atoms with Crippen LogP contribution in [0.1, 0.15) is 12.5 Å². The van der Waals surface area contributed by atoms with Crippen LogP contribution >= 0.6 is 0 Å². The molecule has 17 heavy (non-hydrogen) atoms. The standard InChI is InChI=1S/C11H15NO4S/c1-3-9-4-6-10(7-5-9)17(15,16)12-11(14)8(2)13/h3-8,11-14H,1H2,2H3. The number of nitrogens with one attached hydrogen (secondary N) is 1. The third-order valence-corrected chi connectivity index (χ3v) is 3.60. The van der Waals surface area contributed by atoms with Gasteiger partial charge in [0.2, 0.25) is 10.0 Å². The topological polar surface area (TPSA) is 86.6 Å². The van der Waals surface area contributed by atoms with Crippen LogP contribution in [0.5, 0.6) is 0 Å². The van der Waals surface area contributed by atoms with Crippen LogP contribution in [0.15, 0.2) is 35.7 Å². The second-order valence-corrected chi connectivity index (χ2v) is 5.29. The molecule has 0 spiro atoms. The van der Waals surface area contributed by atoms with Crippen molar-refractivity contribution in [1.82, 2.24) is 4.72 Å². The normalized spacial score (nSPS) is 15.2. The molecule has 0 aliphatic heterocycles. The Kier molecular flexibility index (Phi) is 4.41. The lowest BCUT2D eigenvalue weighted by molar-refractivity contribution is 0.0245. The molecule has 0 aliphatic carbocycles. The molecule has 0 fully saturated rings. The molecule has 1 aromatic rings. The van der Waals surface area contributed by atoms with Crippen molar-refractivity contribution in [1.29, 1.82) is 0 Å². The lowest BCUT2D eigenvalue weighted by Crippen LogP contribution is -2.41. The van der Waals surface area contributed by atoms with Gasteiger partial charge in [-0.15, -0.1) is 0 Å². The number of hydrogen-bond donors (Lipinski definition) is 3. The molecule has 0 heterocycles. The summed E-state index contributed by atoms with van der Waals surface area (Å²) in [6, 6.07) is 5.98. The SMILES string of the molecule is C=Cc1ccc(S(=O)(=O)NC(O)C(C)O)cc1. The van der Waals surface area contributed by atoms with Crippen molar-refractivity contribution < 1.29 is 18.6 Å². The summed E-state index contributed by atoms with van der Waals surface area (Å²) >= 11 is 0. The van der Waals surface area contributed by atoms with E-state index in [2.05, 4.69) is 6.58 Å². The maximum atomic E-state index is 11.7. The van der Waals surface area contributed by atoms with E-state index in [9.17, 15) is 13.5 Å². The van der Waals surface area contributed by atoms with Gasteiger partial charge in [0.15, 0.2) is 0 Å². The van der Waals surface area contributed by atoms with Crippen molar-refractivity contribution in [2.75, 3.05) is 0 Å². The highest BCUT2D eigenvalue weighted by Gasteiger charge is 2.20. The fourth-order valence-corrected chi connectivity index (χ4v) is 2.25. The molecule has 2 atom stereocenters. The lowest BCUT2D eigenvalue weighted by atomic mass is 10.2. The maximum absolute atomic E-state index is 11.7. The summed E-state index contributed by atoms with van der Waals surface area (Å²) in [6.45, 7) is 4.84. The second-order valence-electron chi connectivity index (χ2n) is 3.58. The molecule has 3 N–H and O–H groups in total. The summed E-state index contributed by atoms with van der Waals surface area (Å²) < 4.78 is 25.4. The van der Waals surface area contributed by atoms with Gasteiger partial charge in [0.25, 0.3) is 0 Å². The van der Waals surface area contributed by atoms with Gasteiger partial charge >= 0.3 is 0 Å². The third kappa shape index (κ3) is 3.64. The Balaban J connectivity index is 2.93. The molecule has 1 aromatic carbocycles. The lowest BCUT2D eigenvalue weighted by Gasteiger charge is -2.15. The third-order valence-electron chi connectivity index (χ3n) is 2.16. The summed E-state index contributed by atoms with van der Waals surface area (Å²) in [5.41, 5.74) is 0.792. The highest BCUT2D eigenvalue weighted by Crippen LogP contribution is 2.11. The number of sulfonamides is 1. The van der Waals surface area contributed by atoms with Crippen LogP contribution in [-0.2, 0) is 10.0 Å². The van der Waals surface area contributed by atoms with Gasteiger partial charge in [-0.05, 0) is 24.6 Å². The number of rotatable bonds is 5. The molecule has 6 heteroatoms. The number of aliphatic hydroxyl groups is 2. The molecule has 1 rings (SSSR count). The van der Waals surface area contributed by atoms with E-state index in [1.54, 1.807) is 18.2 Å². The van der Waals surface area contributed by atoms with Crippen LogP contribution in [0.25, 0.3) is 6.08 Å². The minimum Gasteiger partial charge on any atom is -0.389 e. The molecule has 0 aromatic heterocycles. The monoisotopic (exact) mass is 257 g/mol. The smallest absolute Gasteiger partial charge is 0.242 e. The van der Waals surface area contributed by atoms with Gasteiger partial charge in [-0.2, -0.15) is 4.72 Å². The Labute approximate surface area is 100 Å². The first-order valence-corrected chi connectivity index (χ1v) is 6.46. The molecule has 0 radical (unpaired) electrons. The summed E-state index contributed by atoms with van der Waals surface area (Å²) in [4.78, 5) is 0.0165. The maximum Gasteiger partial charge on any atom is 0.242 e. The highest BCUT2D eigenvalue weighted by atomic mass is 32.2. The van der Waals surface area contributed by atoms with E-state index >= 15 is 0 Å². The highest BCUT2D eigenvalue weighted by molar-refractivity contribution is 7.89. The molecular weight excluding hydrogens is 242 g/mol. The molecular formula is C11H15NO4S. The predicted octanol–water partition coefficient (Wildman–Crippen LogP) is 0.307. The Bertz CT molecular complexity index is 479. The fourth-order valence-electron chi connectivity index (χ4n) is 1.11. The van der Waals surface area contributed by atoms with Crippen LogP contribution in [0.2, 0.25) is 0 Å². The van der Waals surface area contributed by atoms with Gasteiger partial charge in [-0.25, -0.2) is 8.42 Å². The van der Waals surface area contributed by atoms with Crippen molar-refractivity contribution in [2.24, 2.45) is 0 Å². The van der Waals surface area contributed by atoms with E-state index in [0.29, 0.717) is 0 Å². The molecule has 0 saturated carbocycles. The van der Waals surface area contributed by atoms with Crippen LogP contribution in [0.4, 0.5) is 0 Å². The summed E-state index contributed by atoms with van der Waals surface area (Å²) in [5, 5.41) is 18.3. The van der Waals surface area contributed by atoms with Gasteiger partial charge < -0.3 is 10.2 Å². The van der Waals surface area contributed by atoms with E-state index in [4.69, 9.17) is 5.11 Å². The van der Waals surface area contributed by atoms with E-state index in [1.165, 1.54) is 19.1 Å². The number of benzene rings is 1. The molecule has 0 saturated heterocycles. The Morgan fingerprint density at radius 3 is 2.24 bits per heavy atom. The fraction of sp³-hybridized carbons (Fsp3) is 0.273. The van der Waals surface area contributed by atoms with Crippen molar-refractivity contribution in [3.05, 3.63) is 36.4 Å². The molecule has 5 nitrogen and oxygen atoms in total. The van der Waals surface area contributed by atoms with Crippen LogP contribution in [-0.4, -0.2) is 31.0 Å². The summed E-state index contributed by atoms with van der Waals surface area (Å²) in [6.07, 6.45) is -1.12. The van der Waals surface area contributed by atoms with Crippen molar-refractivity contribution in [3.8, 4) is 0 Å². The van der Waals surface area contributed by atoms with Crippen molar-refractivity contribution >= 4 is 16.1 Å². The minimum absolute atomic E-state index is 0.0165. The quantitative estimate of drug-likeness (QED) is 0.662. The van der Waals surface area contributed by atoms with Gasteiger partial charge in [0, 0.05) is 0 Å². The van der Waals surface area contributed by atoms with Gasteiger partial charge in [-0.3, -0.25) is 0 Å². The zero-order valence-electron chi connectivity index (χ0n) is 9.37. The van der Waals surface area contributed by atoms with Crippen LogP contribution < -0.4 is 4.72 Å². The first-order valence-electron chi connectivity index (χ1n) is 4.98. The van der Waals surface area contributed by atoms with Crippen molar-refractivity contribution in [3.63, 3.8) is 0 Å². The molecule has 0 aliphatic rings. The van der Waals surface area contributed by atoms with Crippen molar-refractivity contribution in [2.45, 2.75) is 24.2 Å². The van der Waals surface area contributed by atoms with Gasteiger partial charge in [0.05, 0.1) is 11.0 Å². The number of aliphatic hydroxyl groups excluding tert-OH is 2. The van der Waals surface area contributed by atoms with E-state index in [0.717, 1.165) is 5.56 Å². The molecule has 94 valence electrons. The summed E-state index contributed by atoms with van der Waals surface area (Å²) in [7, 11) is -3.82. The molecule has 0 amide bonds. The average Bonchev–Trinajstić information content (AvgIpc) is 2.28. The van der Waals surface area contributed by atoms with Gasteiger partial charge in [0.1, 0.15) is 6.23 Å². The second kappa shape index (κ2) is 5.42. The Hall–Kier alpha value is -1.21. The van der Waals surface area contributed by atoms with E-state index in [-0.39, 0.29) is 4.90 Å². The van der Waals surface area contributed by atoms with Crippen LogP contribution in [0.3, 0.4) is 0 Å². The largest absolute Gasteiger partial charge is 0.389 e. The zero-order chi connectivity index (χ0) is 13.1. The summed E-state index contributed by atoms with van der Waals surface area (Å²) in [5.74, 6) is 0. The molecule has 0 bridgehead atoms. The Morgan fingerprint density at radius 2 is 1.82 bits per heavy atom. The van der Waals surface area contributed by atoms with E-state index < -0.39 is 22.4 Å². The Morgan fingerprint density at radius 1 is 1.29 bits per heavy atom. The first-order chi connectivity index (χ1) is 7.86. The minimum atomic E-state index is -3.82. The first kappa shape index (κ1) is 13.9. The van der Waals surface area contributed by atoms with Crippen LogP contribution in [0, 0.1) is 0 Å². The molecule has 2 unspecified atom stereocenters. The number of hydrogen-bond acceptors (Lipinski definition) is 4. The predicted molar refractivity (Wildman–Crippen MR) is 64.5 cm³/mol. The van der Waals surface area contributed by atoms with E-state index in [1.807, 2.05) is 4.72 Å². The average molecular weight is 257 g/mol. The van der Waals surface area contributed by atoms with Gasteiger partial charge in [-0.1, -0.05) is 24.8 Å². The zero-order valence-corrected chi connectivity index (χ0v) is 10.2.